The molecule has 0 amide bonds. The van der Waals surface area contributed by atoms with E-state index in [1.54, 1.807) is 11.8 Å². The first kappa shape index (κ1) is 21.7. The van der Waals surface area contributed by atoms with Crippen molar-refractivity contribution >= 4 is 34.4 Å². The van der Waals surface area contributed by atoms with E-state index in [0.29, 0.717) is 18.5 Å². The molecule has 5 rings (SSSR count). The summed E-state index contributed by atoms with van der Waals surface area (Å²) in [6, 6.07) is 25.0. The highest BCUT2D eigenvalue weighted by Gasteiger charge is 2.17. The minimum Gasteiger partial charge on any atom is -0.392 e. The number of nitrogens with one attached hydrogen (secondary N) is 2. The van der Waals surface area contributed by atoms with Gasteiger partial charge >= 0.3 is 0 Å². The molecular formula is C27H28N4OS. The van der Waals surface area contributed by atoms with Crippen LogP contribution in [0.25, 0.3) is 10.9 Å². The molecule has 1 aliphatic carbocycles. The first-order valence-corrected chi connectivity index (χ1v) is 12.3. The Labute approximate surface area is 198 Å². The fourth-order valence-electron chi connectivity index (χ4n) is 4.31. The van der Waals surface area contributed by atoms with E-state index >= 15 is 0 Å². The average Bonchev–Trinajstić information content (AvgIpc) is 3.37. The van der Waals surface area contributed by atoms with Crippen LogP contribution in [0.1, 0.15) is 36.8 Å². The molecule has 1 fully saturated rings. The van der Waals surface area contributed by atoms with Crippen molar-refractivity contribution in [3.63, 3.8) is 0 Å². The highest BCUT2D eigenvalue weighted by molar-refractivity contribution is 7.99. The number of aliphatic hydroxyl groups is 1. The monoisotopic (exact) mass is 456 g/mol. The van der Waals surface area contributed by atoms with Crippen molar-refractivity contribution < 1.29 is 5.11 Å². The Hall–Kier alpha value is -3.09. The number of aliphatic hydroxyl groups excluding tert-OH is 1. The third kappa shape index (κ3) is 5.13. The number of hydrogen-bond acceptors (Lipinski definition) is 6. The maximum absolute atomic E-state index is 9.68. The van der Waals surface area contributed by atoms with Gasteiger partial charge in [-0.2, -0.15) is 4.98 Å². The van der Waals surface area contributed by atoms with Crippen molar-refractivity contribution in [1.29, 1.82) is 0 Å². The molecule has 6 heteroatoms. The minimum atomic E-state index is 0.0330. The Morgan fingerprint density at radius 1 is 0.818 bits per heavy atom. The summed E-state index contributed by atoms with van der Waals surface area (Å²) >= 11 is 1.67. The largest absolute Gasteiger partial charge is 0.392 e. The zero-order valence-electron chi connectivity index (χ0n) is 18.5. The summed E-state index contributed by atoms with van der Waals surface area (Å²) < 4.78 is 0. The number of aromatic nitrogens is 2. The summed E-state index contributed by atoms with van der Waals surface area (Å²) in [7, 11) is 0. The summed E-state index contributed by atoms with van der Waals surface area (Å²) in [4.78, 5) is 11.8. The number of rotatable bonds is 8. The molecule has 4 aromatic rings. The van der Waals surface area contributed by atoms with Gasteiger partial charge in [-0.1, -0.05) is 73.1 Å². The fourth-order valence-corrected chi connectivity index (χ4v) is 5.37. The molecule has 1 aliphatic rings. The van der Waals surface area contributed by atoms with Crippen molar-refractivity contribution in [3.05, 3.63) is 83.9 Å². The molecule has 1 aromatic heterocycles. The Morgan fingerprint density at radius 2 is 1.48 bits per heavy atom. The van der Waals surface area contributed by atoms with Gasteiger partial charge in [0.2, 0.25) is 5.95 Å². The van der Waals surface area contributed by atoms with E-state index in [1.807, 2.05) is 54.6 Å². The van der Waals surface area contributed by atoms with Crippen molar-refractivity contribution in [2.45, 2.75) is 54.7 Å². The Balaban J connectivity index is 1.38. The van der Waals surface area contributed by atoms with Crippen LogP contribution in [-0.2, 0) is 13.2 Å². The molecular weight excluding hydrogens is 428 g/mol. The van der Waals surface area contributed by atoms with Crippen LogP contribution in [0.15, 0.2) is 82.6 Å². The van der Waals surface area contributed by atoms with Crippen molar-refractivity contribution in [2.24, 2.45) is 0 Å². The number of nitrogens with zero attached hydrogens (tertiary/aromatic N) is 2. The molecule has 5 nitrogen and oxygen atoms in total. The van der Waals surface area contributed by atoms with E-state index in [9.17, 15) is 5.11 Å². The van der Waals surface area contributed by atoms with E-state index in [2.05, 4.69) is 28.8 Å². The van der Waals surface area contributed by atoms with Crippen LogP contribution in [0, 0.1) is 0 Å². The van der Waals surface area contributed by atoms with Gasteiger partial charge in [-0.3, -0.25) is 0 Å². The maximum atomic E-state index is 9.68. The van der Waals surface area contributed by atoms with E-state index in [4.69, 9.17) is 9.97 Å². The number of benzene rings is 3. The molecule has 0 spiro atoms. The highest BCUT2D eigenvalue weighted by atomic mass is 32.2. The lowest BCUT2D eigenvalue weighted by Crippen LogP contribution is -2.17. The topological polar surface area (TPSA) is 70.1 Å². The zero-order valence-corrected chi connectivity index (χ0v) is 19.3. The van der Waals surface area contributed by atoms with Gasteiger partial charge in [0.25, 0.3) is 0 Å². The van der Waals surface area contributed by atoms with Crippen LogP contribution in [0.4, 0.5) is 11.8 Å². The van der Waals surface area contributed by atoms with Gasteiger partial charge in [0.1, 0.15) is 5.82 Å². The van der Waals surface area contributed by atoms with Crippen LogP contribution in [0.2, 0.25) is 0 Å². The Kier molecular flexibility index (Phi) is 6.74. The standard InChI is InChI=1S/C27H28N4OS/c32-18-20-10-2-8-16-25(20)33-24-15-7-1-9-19(24)17-28-27-30-23-14-6-5-13-22(23)26(31-27)29-21-11-3-4-12-21/h1-2,5-10,13-16,21,32H,3-4,11-12,17-18H2,(H2,28,29,30,31). The molecule has 0 radical (unpaired) electrons. The minimum absolute atomic E-state index is 0.0330. The lowest BCUT2D eigenvalue weighted by atomic mass is 10.2. The number of para-hydroxylation sites is 1. The SMILES string of the molecule is OCc1ccccc1Sc1ccccc1CNc1nc(NC2CCCC2)c2ccccc2n1. The van der Waals surface area contributed by atoms with E-state index < -0.39 is 0 Å². The Morgan fingerprint density at radius 3 is 2.27 bits per heavy atom. The number of hydrogen-bond donors (Lipinski definition) is 3. The first-order chi connectivity index (χ1) is 16.3. The highest BCUT2D eigenvalue weighted by Crippen LogP contribution is 2.33. The van der Waals surface area contributed by atoms with Gasteiger partial charge in [0.15, 0.2) is 0 Å². The van der Waals surface area contributed by atoms with Crippen molar-refractivity contribution in [1.82, 2.24) is 9.97 Å². The maximum Gasteiger partial charge on any atom is 0.225 e. The average molecular weight is 457 g/mol. The molecule has 3 aromatic carbocycles. The predicted molar refractivity (Wildman–Crippen MR) is 136 cm³/mol. The van der Waals surface area contributed by atoms with E-state index in [0.717, 1.165) is 37.6 Å². The van der Waals surface area contributed by atoms with E-state index in [1.165, 1.54) is 25.7 Å². The lowest BCUT2D eigenvalue weighted by Gasteiger charge is -2.16. The van der Waals surface area contributed by atoms with Crippen molar-refractivity contribution in [3.8, 4) is 0 Å². The summed E-state index contributed by atoms with van der Waals surface area (Å²) in [5, 5.41) is 17.9. The molecule has 1 heterocycles. The second-order valence-electron chi connectivity index (χ2n) is 8.37. The quantitative estimate of drug-likeness (QED) is 0.292. The summed E-state index contributed by atoms with van der Waals surface area (Å²) in [5.41, 5.74) is 3.04. The molecule has 33 heavy (non-hydrogen) atoms. The first-order valence-electron chi connectivity index (χ1n) is 11.5. The summed E-state index contributed by atoms with van der Waals surface area (Å²) in [6.07, 6.45) is 4.95. The summed E-state index contributed by atoms with van der Waals surface area (Å²) in [5.74, 6) is 1.54. The molecule has 3 N–H and O–H groups in total. The van der Waals surface area contributed by atoms with Gasteiger partial charge in [-0.25, -0.2) is 4.98 Å². The third-order valence-corrected chi connectivity index (χ3v) is 7.31. The van der Waals surface area contributed by atoms with Gasteiger partial charge in [-0.05, 0) is 48.2 Å². The third-order valence-electron chi connectivity index (χ3n) is 6.07. The number of anilines is 2. The Bertz CT molecular complexity index is 1240. The zero-order chi connectivity index (χ0) is 22.5. The molecule has 0 bridgehead atoms. The van der Waals surface area contributed by atoms with Crippen molar-refractivity contribution in [2.75, 3.05) is 10.6 Å². The van der Waals surface area contributed by atoms with Gasteiger partial charge in [-0.15, -0.1) is 0 Å². The van der Waals surface area contributed by atoms with Crippen LogP contribution in [-0.4, -0.2) is 21.1 Å². The number of fused-ring (bicyclic) bond motifs is 1. The smallest absolute Gasteiger partial charge is 0.225 e. The molecule has 0 unspecified atom stereocenters. The molecule has 168 valence electrons. The fraction of sp³-hybridized carbons (Fsp3) is 0.259. The predicted octanol–water partition coefficient (Wildman–Crippen LogP) is 6.24. The second-order valence-corrected chi connectivity index (χ2v) is 9.45. The van der Waals surface area contributed by atoms with Gasteiger partial charge in [0, 0.05) is 27.8 Å². The molecule has 0 saturated heterocycles. The second kappa shape index (κ2) is 10.2. The van der Waals surface area contributed by atoms with Crippen LogP contribution in [0.5, 0.6) is 0 Å². The normalized spacial score (nSPS) is 14.0. The lowest BCUT2D eigenvalue weighted by molar-refractivity contribution is 0.279. The molecule has 0 aliphatic heterocycles. The van der Waals surface area contributed by atoms with E-state index in [-0.39, 0.29) is 6.61 Å². The molecule has 0 atom stereocenters. The van der Waals surface area contributed by atoms with Gasteiger partial charge < -0.3 is 15.7 Å². The summed E-state index contributed by atoms with van der Waals surface area (Å²) in [6.45, 7) is 0.650. The van der Waals surface area contributed by atoms with Gasteiger partial charge in [0.05, 0.1) is 12.1 Å². The van der Waals surface area contributed by atoms with Crippen LogP contribution in [0.3, 0.4) is 0 Å². The van der Waals surface area contributed by atoms with Crippen LogP contribution >= 0.6 is 11.8 Å². The molecule has 1 saturated carbocycles. The van der Waals surface area contributed by atoms with Crippen LogP contribution < -0.4 is 10.6 Å².